The molecule has 2 amide bonds. The van der Waals surface area contributed by atoms with Crippen molar-refractivity contribution in [2.45, 2.75) is 84.6 Å². The molecule has 1 saturated carbocycles. The summed E-state index contributed by atoms with van der Waals surface area (Å²) < 4.78 is 15.6. The highest BCUT2D eigenvalue weighted by molar-refractivity contribution is 6.02. The number of aliphatic carboxylic acids is 1. The second-order valence-corrected chi connectivity index (χ2v) is 10.3. The van der Waals surface area contributed by atoms with Crippen LogP contribution in [0.25, 0.3) is 0 Å². The van der Waals surface area contributed by atoms with Crippen LogP contribution in [0.4, 0.5) is 26.2 Å². The third kappa shape index (κ3) is 7.21. The van der Waals surface area contributed by atoms with Gasteiger partial charge in [-0.1, -0.05) is 58.2 Å². The molecule has 0 aliphatic heterocycles. The van der Waals surface area contributed by atoms with Gasteiger partial charge in [-0.15, -0.1) is 0 Å². The molecule has 0 heterocycles. The number of urea groups is 1. The molecule has 0 bridgehead atoms. The smallest absolute Gasteiger partial charge is 0.323 e. The molecule has 1 aliphatic rings. The molecule has 0 aromatic heterocycles. The molecule has 2 aromatic rings. The summed E-state index contributed by atoms with van der Waals surface area (Å²) >= 11 is 0. The molecule has 36 heavy (non-hydrogen) atoms. The van der Waals surface area contributed by atoms with Gasteiger partial charge in [-0.05, 0) is 67.3 Å². The van der Waals surface area contributed by atoms with E-state index in [4.69, 9.17) is 0 Å². The Morgan fingerprint density at radius 1 is 1.08 bits per heavy atom. The van der Waals surface area contributed by atoms with Crippen molar-refractivity contribution >= 4 is 29.1 Å². The number of nitrogens with one attached hydrogen (secondary N) is 2. The summed E-state index contributed by atoms with van der Waals surface area (Å²) in [6.45, 7) is 8.79. The molecule has 1 aliphatic carbocycles. The van der Waals surface area contributed by atoms with Gasteiger partial charge in [-0.2, -0.15) is 0 Å². The monoisotopic (exact) mass is 497 g/mol. The van der Waals surface area contributed by atoms with E-state index in [0.29, 0.717) is 35.0 Å². The van der Waals surface area contributed by atoms with Gasteiger partial charge in [0, 0.05) is 18.3 Å². The molecule has 1 atom stereocenters. The van der Waals surface area contributed by atoms with Crippen molar-refractivity contribution in [1.29, 1.82) is 0 Å². The summed E-state index contributed by atoms with van der Waals surface area (Å²) in [6, 6.07) is 10.5. The number of carboxylic acid groups (broad SMARTS) is 1. The van der Waals surface area contributed by atoms with Crippen molar-refractivity contribution in [2.75, 3.05) is 22.1 Å². The molecule has 196 valence electrons. The number of anilines is 3. The second-order valence-electron chi connectivity index (χ2n) is 10.3. The number of aryl methyl sites for hydroxylation is 1. The standard InChI is InChI=1S/C29H40FN3O3/c1-5-21(15-28(34)35)23-16-26(32-29(36)31-25-14-10-9-11-20(25)4)27(17-24(23)30)33(18-19(2)3)22-12-7-6-8-13-22/h9-11,14,16-17,19,21-22H,5-8,12-13,15,18H2,1-4H3,(H,34,35)(H2,31,32,36). The zero-order chi connectivity index (χ0) is 26.2. The van der Waals surface area contributed by atoms with Crippen LogP contribution in [-0.4, -0.2) is 29.7 Å². The topological polar surface area (TPSA) is 81.7 Å². The fraction of sp³-hybridized carbons (Fsp3) is 0.517. The summed E-state index contributed by atoms with van der Waals surface area (Å²) in [5.74, 6) is -1.53. The Kier molecular flexibility index (Phi) is 9.73. The van der Waals surface area contributed by atoms with Crippen molar-refractivity contribution in [1.82, 2.24) is 0 Å². The highest BCUT2D eigenvalue weighted by Crippen LogP contribution is 2.38. The minimum absolute atomic E-state index is 0.167. The lowest BCUT2D eigenvalue weighted by Gasteiger charge is -2.38. The number of amides is 2. The van der Waals surface area contributed by atoms with Crippen molar-refractivity contribution in [2.24, 2.45) is 5.92 Å². The van der Waals surface area contributed by atoms with Crippen LogP contribution in [0.1, 0.15) is 82.8 Å². The summed E-state index contributed by atoms with van der Waals surface area (Å²) in [5, 5.41) is 15.2. The molecule has 0 radical (unpaired) electrons. The highest BCUT2D eigenvalue weighted by atomic mass is 19.1. The lowest BCUT2D eigenvalue weighted by molar-refractivity contribution is -0.137. The van der Waals surface area contributed by atoms with Gasteiger partial charge in [0.1, 0.15) is 5.82 Å². The lowest BCUT2D eigenvalue weighted by atomic mass is 9.90. The number of hydrogen-bond donors (Lipinski definition) is 3. The van der Waals surface area contributed by atoms with Gasteiger partial charge in [-0.25, -0.2) is 9.18 Å². The van der Waals surface area contributed by atoms with E-state index < -0.39 is 23.7 Å². The number of carboxylic acids is 1. The zero-order valence-corrected chi connectivity index (χ0v) is 21.9. The Morgan fingerprint density at radius 3 is 2.36 bits per heavy atom. The van der Waals surface area contributed by atoms with Crippen LogP contribution < -0.4 is 15.5 Å². The largest absolute Gasteiger partial charge is 0.481 e. The fourth-order valence-corrected chi connectivity index (χ4v) is 5.13. The minimum Gasteiger partial charge on any atom is -0.481 e. The number of nitrogens with zero attached hydrogens (tertiary/aromatic N) is 1. The Bertz CT molecular complexity index is 1050. The summed E-state index contributed by atoms with van der Waals surface area (Å²) in [6.07, 6.45) is 5.84. The number of benzene rings is 2. The van der Waals surface area contributed by atoms with Crippen molar-refractivity contribution < 1.29 is 19.1 Å². The first-order valence-electron chi connectivity index (χ1n) is 13.1. The van der Waals surface area contributed by atoms with E-state index in [9.17, 15) is 14.7 Å². The molecule has 3 N–H and O–H groups in total. The summed E-state index contributed by atoms with van der Waals surface area (Å²) in [7, 11) is 0. The molecule has 1 fully saturated rings. The van der Waals surface area contributed by atoms with E-state index in [1.807, 2.05) is 38.1 Å². The summed E-state index contributed by atoms with van der Waals surface area (Å²) in [5.41, 5.74) is 3.11. The van der Waals surface area contributed by atoms with E-state index in [1.54, 1.807) is 6.07 Å². The van der Waals surface area contributed by atoms with Gasteiger partial charge in [0.2, 0.25) is 0 Å². The SMILES string of the molecule is CCC(CC(=O)O)c1cc(NC(=O)Nc2ccccc2C)c(N(CC(C)C)C2CCCCC2)cc1F. The Balaban J connectivity index is 2.04. The molecular formula is C29H40FN3O3. The van der Waals surface area contributed by atoms with Crippen LogP contribution in [-0.2, 0) is 4.79 Å². The Labute approximate surface area is 214 Å². The van der Waals surface area contributed by atoms with E-state index >= 15 is 4.39 Å². The second kappa shape index (κ2) is 12.7. The zero-order valence-electron chi connectivity index (χ0n) is 21.9. The van der Waals surface area contributed by atoms with Gasteiger partial charge in [0.25, 0.3) is 0 Å². The molecule has 2 aromatic carbocycles. The molecule has 1 unspecified atom stereocenters. The van der Waals surface area contributed by atoms with Crippen molar-refractivity contribution in [3.63, 3.8) is 0 Å². The third-order valence-electron chi connectivity index (χ3n) is 7.00. The number of rotatable bonds is 10. The molecular weight excluding hydrogens is 457 g/mol. The number of carbonyl (C=O) groups excluding carboxylic acids is 1. The molecule has 6 nitrogen and oxygen atoms in total. The first-order chi connectivity index (χ1) is 17.2. The number of para-hydroxylation sites is 1. The average Bonchev–Trinajstić information content (AvgIpc) is 2.84. The van der Waals surface area contributed by atoms with E-state index in [0.717, 1.165) is 37.8 Å². The number of halogens is 1. The first-order valence-corrected chi connectivity index (χ1v) is 13.1. The predicted octanol–water partition coefficient (Wildman–Crippen LogP) is 7.54. The average molecular weight is 498 g/mol. The predicted molar refractivity (Wildman–Crippen MR) is 145 cm³/mol. The van der Waals surface area contributed by atoms with Gasteiger partial charge >= 0.3 is 12.0 Å². The molecule has 3 rings (SSSR count). The fourth-order valence-electron chi connectivity index (χ4n) is 5.13. The van der Waals surface area contributed by atoms with Crippen LogP contribution in [0, 0.1) is 18.7 Å². The van der Waals surface area contributed by atoms with Crippen LogP contribution in [0.3, 0.4) is 0 Å². The lowest BCUT2D eigenvalue weighted by Crippen LogP contribution is -2.40. The van der Waals surface area contributed by atoms with Gasteiger partial charge in [0.15, 0.2) is 0 Å². The van der Waals surface area contributed by atoms with Crippen LogP contribution in [0.15, 0.2) is 36.4 Å². The maximum atomic E-state index is 15.6. The maximum absolute atomic E-state index is 15.6. The van der Waals surface area contributed by atoms with E-state index in [1.165, 1.54) is 12.5 Å². The third-order valence-corrected chi connectivity index (χ3v) is 7.00. The first kappa shape index (κ1) is 27.5. The van der Waals surface area contributed by atoms with Gasteiger partial charge < -0.3 is 20.6 Å². The normalized spacial score (nSPS) is 14.9. The number of carbonyl (C=O) groups is 2. The quantitative estimate of drug-likeness (QED) is 0.317. The highest BCUT2D eigenvalue weighted by Gasteiger charge is 2.27. The number of hydrogen-bond acceptors (Lipinski definition) is 3. The molecule has 0 saturated heterocycles. The molecule has 7 heteroatoms. The maximum Gasteiger partial charge on any atom is 0.323 e. The Morgan fingerprint density at radius 2 is 1.75 bits per heavy atom. The van der Waals surface area contributed by atoms with Crippen molar-refractivity contribution in [3.05, 3.63) is 53.3 Å². The van der Waals surface area contributed by atoms with E-state index in [2.05, 4.69) is 29.4 Å². The van der Waals surface area contributed by atoms with Crippen LogP contribution in [0.5, 0.6) is 0 Å². The van der Waals surface area contributed by atoms with Gasteiger partial charge in [-0.3, -0.25) is 4.79 Å². The van der Waals surface area contributed by atoms with Crippen LogP contribution >= 0.6 is 0 Å². The van der Waals surface area contributed by atoms with Crippen LogP contribution in [0.2, 0.25) is 0 Å². The Hall–Kier alpha value is -3.09. The minimum atomic E-state index is -0.972. The van der Waals surface area contributed by atoms with E-state index in [-0.39, 0.29) is 12.5 Å². The molecule has 0 spiro atoms. The van der Waals surface area contributed by atoms with Gasteiger partial charge in [0.05, 0.1) is 17.8 Å². The summed E-state index contributed by atoms with van der Waals surface area (Å²) in [4.78, 5) is 26.8. The van der Waals surface area contributed by atoms with Crippen molar-refractivity contribution in [3.8, 4) is 0 Å².